The minimum atomic E-state index is -4.54. The maximum atomic E-state index is 12.6. The molecule has 0 bridgehead atoms. The number of amides is 1. The minimum absolute atomic E-state index is 0.143. The molecule has 0 aliphatic carbocycles. The number of benzene rings is 1. The average molecular weight is 352 g/mol. The normalized spacial score (nSPS) is 16.2. The molecular formula is C17H15F3N2O3. The Hall–Kier alpha value is -2.61. The highest BCUT2D eigenvalue weighted by Gasteiger charge is 2.37. The quantitative estimate of drug-likeness (QED) is 0.918. The summed E-state index contributed by atoms with van der Waals surface area (Å²) < 4.78 is 43.2. The second kappa shape index (κ2) is 6.72. The van der Waals surface area contributed by atoms with Crippen molar-refractivity contribution in [3.05, 3.63) is 59.8 Å². The van der Waals surface area contributed by atoms with Gasteiger partial charge in [0.15, 0.2) is 6.10 Å². The molecule has 2 aromatic rings. The maximum Gasteiger partial charge on any atom is 0.433 e. The fourth-order valence-corrected chi connectivity index (χ4v) is 2.45. The molecule has 3 rings (SSSR count). The van der Waals surface area contributed by atoms with E-state index < -0.39 is 30.0 Å². The molecule has 1 aliphatic heterocycles. The van der Waals surface area contributed by atoms with Crippen LogP contribution in [0.15, 0.2) is 48.5 Å². The predicted octanol–water partition coefficient (Wildman–Crippen LogP) is 2.42. The molecule has 0 saturated carbocycles. The molecule has 1 amide bonds. The van der Waals surface area contributed by atoms with Gasteiger partial charge in [-0.25, -0.2) is 4.98 Å². The Balaban J connectivity index is 1.55. The van der Waals surface area contributed by atoms with Gasteiger partial charge in [-0.2, -0.15) is 13.2 Å². The van der Waals surface area contributed by atoms with Crippen molar-refractivity contribution in [2.45, 2.75) is 18.4 Å². The highest BCUT2D eigenvalue weighted by Crippen LogP contribution is 2.29. The first-order valence-corrected chi connectivity index (χ1v) is 7.57. The number of nitrogens with zero attached hydrogens (tertiary/aromatic N) is 2. The maximum absolute atomic E-state index is 12.6. The molecule has 5 nitrogen and oxygen atoms in total. The molecule has 1 atom stereocenters. The summed E-state index contributed by atoms with van der Waals surface area (Å²) in [6, 6.07) is 11.9. The van der Waals surface area contributed by atoms with Gasteiger partial charge < -0.3 is 14.7 Å². The van der Waals surface area contributed by atoms with E-state index in [1.165, 1.54) is 17.0 Å². The smallest absolute Gasteiger partial charge is 0.433 e. The molecule has 132 valence electrons. The van der Waals surface area contributed by atoms with Gasteiger partial charge in [0.1, 0.15) is 11.8 Å². The molecule has 1 aromatic heterocycles. The monoisotopic (exact) mass is 352 g/mol. The van der Waals surface area contributed by atoms with E-state index in [2.05, 4.69) is 4.98 Å². The Bertz CT molecular complexity index is 746. The van der Waals surface area contributed by atoms with E-state index in [0.717, 1.165) is 6.07 Å². The summed E-state index contributed by atoms with van der Waals surface area (Å²) in [5.74, 6) is -0.612. The molecule has 1 unspecified atom stereocenters. The topological polar surface area (TPSA) is 62.7 Å². The Labute approximate surface area is 141 Å². The number of aliphatic hydroxyl groups excluding tert-OH is 1. The van der Waals surface area contributed by atoms with Crippen molar-refractivity contribution < 1.29 is 27.8 Å². The van der Waals surface area contributed by atoms with Crippen LogP contribution in [0.4, 0.5) is 13.2 Å². The molecule has 1 aliphatic rings. The lowest BCUT2D eigenvalue weighted by molar-refractivity contribution is -0.149. The van der Waals surface area contributed by atoms with Crippen molar-refractivity contribution >= 4 is 5.91 Å². The first-order valence-electron chi connectivity index (χ1n) is 7.57. The van der Waals surface area contributed by atoms with Crippen molar-refractivity contribution in [3.8, 4) is 5.88 Å². The zero-order chi connectivity index (χ0) is 18.0. The third-order valence-electron chi connectivity index (χ3n) is 3.81. The van der Waals surface area contributed by atoms with Gasteiger partial charge >= 0.3 is 6.18 Å². The predicted molar refractivity (Wildman–Crippen MR) is 81.6 cm³/mol. The van der Waals surface area contributed by atoms with Crippen LogP contribution < -0.4 is 4.74 Å². The SMILES string of the molecule is O=C(C(O)c1ccccc1)N1CC(Oc2cccc(C(F)(F)F)n2)C1. The van der Waals surface area contributed by atoms with Gasteiger partial charge in [0.2, 0.25) is 5.88 Å². The van der Waals surface area contributed by atoms with Crippen LogP contribution in [0.2, 0.25) is 0 Å². The van der Waals surface area contributed by atoms with E-state index in [0.29, 0.717) is 5.56 Å². The number of hydrogen-bond acceptors (Lipinski definition) is 4. The van der Waals surface area contributed by atoms with Crippen LogP contribution in [0.5, 0.6) is 5.88 Å². The number of carbonyl (C=O) groups is 1. The zero-order valence-electron chi connectivity index (χ0n) is 13.0. The lowest BCUT2D eigenvalue weighted by Gasteiger charge is -2.39. The van der Waals surface area contributed by atoms with Crippen molar-refractivity contribution in [1.82, 2.24) is 9.88 Å². The van der Waals surface area contributed by atoms with E-state index in [1.807, 2.05) is 0 Å². The first-order chi connectivity index (χ1) is 11.8. The molecule has 0 spiro atoms. The zero-order valence-corrected chi connectivity index (χ0v) is 13.0. The van der Waals surface area contributed by atoms with Crippen LogP contribution in [0, 0.1) is 0 Å². The van der Waals surface area contributed by atoms with Crippen LogP contribution in [0.3, 0.4) is 0 Å². The Morgan fingerprint density at radius 3 is 2.48 bits per heavy atom. The Kier molecular flexibility index (Phi) is 4.63. The number of pyridine rings is 1. The fraction of sp³-hybridized carbons (Fsp3) is 0.294. The van der Waals surface area contributed by atoms with Crippen LogP contribution >= 0.6 is 0 Å². The number of alkyl halides is 3. The highest BCUT2D eigenvalue weighted by molar-refractivity contribution is 5.82. The largest absolute Gasteiger partial charge is 0.471 e. The number of aromatic nitrogens is 1. The number of ether oxygens (including phenoxy) is 1. The number of carbonyl (C=O) groups excluding carboxylic acids is 1. The third-order valence-corrected chi connectivity index (χ3v) is 3.81. The number of aliphatic hydroxyl groups is 1. The second-order valence-electron chi connectivity index (χ2n) is 5.66. The van der Waals surface area contributed by atoms with E-state index >= 15 is 0 Å². The molecular weight excluding hydrogens is 337 g/mol. The summed E-state index contributed by atoms with van der Waals surface area (Å²) >= 11 is 0. The van der Waals surface area contributed by atoms with Gasteiger partial charge in [0.25, 0.3) is 5.91 Å². The lowest BCUT2D eigenvalue weighted by atomic mass is 10.1. The van der Waals surface area contributed by atoms with Crippen molar-refractivity contribution in [3.63, 3.8) is 0 Å². The van der Waals surface area contributed by atoms with E-state index in [-0.39, 0.29) is 19.0 Å². The summed E-state index contributed by atoms with van der Waals surface area (Å²) in [5.41, 5.74) is -0.548. The van der Waals surface area contributed by atoms with Crippen LogP contribution in [0.25, 0.3) is 0 Å². The second-order valence-corrected chi connectivity index (χ2v) is 5.66. The number of rotatable bonds is 4. The summed E-state index contributed by atoms with van der Waals surface area (Å²) in [6.45, 7) is 0.362. The third kappa shape index (κ3) is 3.90. The molecule has 1 aromatic carbocycles. The Morgan fingerprint density at radius 1 is 1.16 bits per heavy atom. The van der Waals surface area contributed by atoms with Gasteiger partial charge in [-0.15, -0.1) is 0 Å². The van der Waals surface area contributed by atoms with Crippen LogP contribution in [-0.2, 0) is 11.0 Å². The fourth-order valence-electron chi connectivity index (χ4n) is 2.45. The molecule has 0 radical (unpaired) electrons. The number of halogens is 3. The standard InChI is InChI=1S/C17H15F3N2O3/c18-17(19,20)13-7-4-8-14(21-13)25-12-9-22(10-12)16(24)15(23)11-5-2-1-3-6-11/h1-8,12,15,23H,9-10H2. The molecule has 1 saturated heterocycles. The van der Waals surface area contributed by atoms with Crippen molar-refractivity contribution in [2.75, 3.05) is 13.1 Å². The van der Waals surface area contributed by atoms with E-state index in [1.54, 1.807) is 30.3 Å². The van der Waals surface area contributed by atoms with E-state index in [9.17, 15) is 23.1 Å². The number of hydrogen-bond donors (Lipinski definition) is 1. The van der Waals surface area contributed by atoms with Crippen molar-refractivity contribution in [2.24, 2.45) is 0 Å². The molecule has 1 N–H and O–H groups in total. The summed E-state index contributed by atoms with van der Waals surface area (Å²) in [7, 11) is 0. The molecule has 8 heteroatoms. The lowest BCUT2D eigenvalue weighted by Crippen LogP contribution is -2.57. The first kappa shape index (κ1) is 17.2. The van der Waals surface area contributed by atoms with Gasteiger partial charge in [-0.3, -0.25) is 4.79 Å². The van der Waals surface area contributed by atoms with Gasteiger partial charge in [0, 0.05) is 6.07 Å². The summed E-state index contributed by atoms with van der Waals surface area (Å²) in [5, 5.41) is 10.1. The summed E-state index contributed by atoms with van der Waals surface area (Å²) in [6.07, 6.45) is -6.27. The molecule has 2 heterocycles. The molecule has 1 fully saturated rings. The average Bonchev–Trinajstić information content (AvgIpc) is 2.57. The van der Waals surface area contributed by atoms with Crippen LogP contribution in [0.1, 0.15) is 17.4 Å². The van der Waals surface area contributed by atoms with Gasteiger partial charge in [-0.05, 0) is 11.6 Å². The number of likely N-dealkylation sites (tertiary alicyclic amines) is 1. The molecule has 25 heavy (non-hydrogen) atoms. The minimum Gasteiger partial charge on any atom is -0.471 e. The Morgan fingerprint density at radius 2 is 1.84 bits per heavy atom. The van der Waals surface area contributed by atoms with Gasteiger partial charge in [-0.1, -0.05) is 36.4 Å². The van der Waals surface area contributed by atoms with E-state index in [4.69, 9.17) is 4.74 Å². The van der Waals surface area contributed by atoms with Crippen molar-refractivity contribution in [1.29, 1.82) is 0 Å². The highest BCUT2D eigenvalue weighted by atomic mass is 19.4. The van der Waals surface area contributed by atoms with Gasteiger partial charge in [0.05, 0.1) is 13.1 Å². The van der Waals surface area contributed by atoms with Crippen LogP contribution in [-0.4, -0.2) is 40.1 Å². The summed E-state index contributed by atoms with van der Waals surface area (Å²) in [4.78, 5) is 17.0.